The normalized spacial score (nSPS) is 15.7. The van der Waals surface area contributed by atoms with Crippen LogP contribution < -0.4 is 5.43 Å². The van der Waals surface area contributed by atoms with E-state index in [0.717, 1.165) is 30.8 Å². The monoisotopic (exact) mass is 391 g/mol. The minimum atomic E-state index is -4.43. The van der Waals surface area contributed by atoms with E-state index in [1.807, 2.05) is 12.1 Å². The van der Waals surface area contributed by atoms with Crippen molar-refractivity contribution >= 4 is 12.1 Å². The van der Waals surface area contributed by atoms with Gasteiger partial charge in [-0.05, 0) is 29.3 Å². The molecule has 1 N–H and O–H groups in total. The van der Waals surface area contributed by atoms with E-state index < -0.39 is 17.6 Å². The molecule has 148 valence electrons. The number of halogens is 3. The van der Waals surface area contributed by atoms with Crippen molar-refractivity contribution in [1.82, 2.24) is 10.3 Å². The molecular formula is C20H20F3N3O2. The molecule has 0 unspecified atom stereocenters. The Morgan fingerprint density at radius 1 is 1.14 bits per heavy atom. The smallest absolute Gasteiger partial charge is 0.379 e. The Morgan fingerprint density at radius 3 is 2.64 bits per heavy atom. The first kappa shape index (κ1) is 20.0. The zero-order valence-electron chi connectivity index (χ0n) is 15.1. The molecule has 1 aliphatic rings. The molecule has 2 aromatic rings. The van der Waals surface area contributed by atoms with Crippen molar-refractivity contribution in [3.8, 4) is 0 Å². The Balaban J connectivity index is 1.66. The third kappa shape index (κ3) is 5.40. The minimum Gasteiger partial charge on any atom is -0.379 e. The number of hydrogen-bond donors (Lipinski definition) is 1. The highest BCUT2D eigenvalue weighted by atomic mass is 19.4. The van der Waals surface area contributed by atoms with Crippen molar-refractivity contribution in [1.29, 1.82) is 0 Å². The van der Waals surface area contributed by atoms with Crippen molar-refractivity contribution in [2.45, 2.75) is 12.7 Å². The van der Waals surface area contributed by atoms with Crippen LogP contribution in [0.5, 0.6) is 0 Å². The Kier molecular flexibility index (Phi) is 6.43. The van der Waals surface area contributed by atoms with Gasteiger partial charge >= 0.3 is 6.18 Å². The molecule has 1 aliphatic heterocycles. The summed E-state index contributed by atoms with van der Waals surface area (Å²) in [7, 11) is 0. The zero-order valence-corrected chi connectivity index (χ0v) is 15.1. The van der Waals surface area contributed by atoms with E-state index >= 15 is 0 Å². The fourth-order valence-corrected chi connectivity index (χ4v) is 2.90. The number of carbonyl (C=O) groups excluding carboxylic acids is 1. The second-order valence-corrected chi connectivity index (χ2v) is 6.37. The van der Waals surface area contributed by atoms with E-state index in [-0.39, 0.29) is 5.56 Å². The first-order valence-electron chi connectivity index (χ1n) is 8.82. The molecule has 0 saturated carbocycles. The fraction of sp³-hybridized carbons (Fsp3) is 0.300. The molecule has 8 heteroatoms. The van der Waals surface area contributed by atoms with E-state index in [1.54, 1.807) is 12.1 Å². The molecule has 3 rings (SSSR count). The van der Waals surface area contributed by atoms with Gasteiger partial charge in [0.25, 0.3) is 5.91 Å². The topological polar surface area (TPSA) is 53.9 Å². The van der Waals surface area contributed by atoms with Crippen LogP contribution in [0.1, 0.15) is 27.0 Å². The van der Waals surface area contributed by atoms with Crippen LogP contribution in [0.2, 0.25) is 0 Å². The van der Waals surface area contributed by atoms with Crippen LogP contribution in [0.4, 0.5) is 13.2 Å². The number of amides is 1. The highest BCUT2D eigenvalue weighted by Crippen LogP contribution is 2.29. The fourth-order valence-electron chi connectivity index (χ4n) is 2.90. The summed E-state index contributed by atoms with van der Waals surface area (Å²) in [5.74, 6) is -0.410. The van der Waals surface area contributed by atoms with Crippen LogP contribution in [0, 0.1) is 0 Å². The number of hydrogen-bond acceptors (Lipinski definition) is 4. The molecular weight excluding hydrogens is 371 g/mol. The number of morpholine rings is 1. The molecule has 1 fully saturated rings. The molecule has 5 nitrogen and oxygen atoms in total. The maximum atomic E-state index is 12.8. The second-order valence-electron chi connectivity index (χ2n) is 6.37. The molecule has 2 aromatic carbocycles. The molecule has 1 saturated heterocycles. The SMILES string of the molecule is O=C(NN=Cc1cccc(C(F)(F)F)c1)c1ccccc1CN1CCOCC1. The van der Waals surface area contributed by atoms with Crippen LogP contribution in [-0.2, 0) is 17.5 Å². The molecule has 0 spiro atoms. The summed E-state index contributed by atoms with van der Waals surface area (Å²) < 4.78 is 43.6. The van der Waals surface area contributed by atoms with E-state index in [2.05, 4.69) is 15.4 Å². The van der Waals surface area contributed by atoms with Gasteiger partial charge in [-0.15, -0.1) is 0 Å². The van der Waals surface area contributed by atoms with Crippen molar-refractivity contribution in [3.05, 3.63) is 70.8 Å². The Labute approximate surface area is 160 Å². The number of alkyl halides is 3. The lowest BCUT2D eigenvalue weighted by atomic mass is 10.1. The first-order chi connectivity index (χ1) is 13.4. The lowest BCUT2D eigenvalue weighted by Gasteiger charge is -2.27. The molecule has 0 bridgehead atoms. The van der Waals surface area contributed by atoms with Gasteiger partial charge in [0.15, 0.2) is 0 Å². The van der Waals surface area contributed by atoms with Gasteiger partial charge in [0.05, 0.1) is 25.0 Å². The summed E-state index contributed by atoms with van der Waals surface area (Å²) in [5, 5.41) is 3.80. The molecule has 1 amide bonds. The largest absolute Gasteiger partial charge is 0.416 e. The maximum Gasteiger partial charge on any atom is 0.416 e. The van der Waals surface area contributed by atoms with Gasteiger partial charge in [-0.2, -0.15) is 18.3 Å². The van der Waals surface area contributed by atoms with Crippen molar-refractivity contribution in [3.63, 3.8) is 0 Å². The van der Waals surface area contributed by atoms with Crippen molar-refractivity contribution in [2.75, 3.05) is 26.3 Å². The van der Waals surface area contributed by atoms with Gasteiger partial charge in [0.1, 0.15) is 0 Å². The van der Waals surface area contributed by atoms with Crippen molar-refractivity contribution < 1.29 is 22.7 Å². The van der Waals surface area contributed by atoms with E-state index in [0.29, 0.717) is 25.3 Å². The predicted octanol–water partition coefficient (Wildman–Crippen LogP) is 3.30. The van der Waals surface area contributed by atoms with Gasteiger partial charge in [0, 0.05) is 25.2 Å². The quantitative estimate of drug-likeness (QED) is 0.629. The Morgan fingerprint density at radius 2 is 1.89 bits per heavy atom. The molecule has 28 heavy (non-hydrogen) atoms. The van der Waals surface area contributed by atoms with Gasteiger partial charge in [-0.25, -0.2) is 5.43 Å². The third-order valence-electron chi connectivity index (χ3n) is 4.35. The Hall–Kier alpha value is -2.71. The molecule has 0 atom stereocenters. The van der Waals surface area contributed by atoms with Crippen LogP contribution in [0.15, 0.2) is 53.6 Å². The number of hydrazone groups is 1. The van der Waals surface area contributed by atoms with Crippen molar-refractivity contribution in [2.24, 2.45) is 5.10 Å². The lowest BCUT2D eigenvalue weighted by Crippen LogP contribution is -2.36. The molecule has 0 aliphatic carbocycles. The number of benzene rings is 2. The Bertz CT molecular complexity index is 847. The van der Waals surface area contributed by atoms with Crippen LogP contribution in [-0.4, -0.2) is 43.3 Å². The second kappa shape index (κ2) is 8.99. The van der Waals surface area contributed by atoms with Gasteiger partial charge in [0.2, 0.25) is 0 Å². The summed E-state index contributed by atoms with van der Waals surface area (Å²) >= 11 is 0. The van der Waals surface area contributed by atoms with Gasteiger partial charge in [-0.1, -0.05) is 30.3 Å². The number of nitrogens with one attached hydrogen (secondary N) is 1. The van der Waals surface area contributed by atoms with E-state index in [1.165, 1.54) is 18.3 Å². The summed E-state index contributed by atoms with van der Waals surface area (Å²) in [6.45, 7) is 3.53. The minimum absolute atomic E-state index is 0.247. The molecule has 1 heterocycles. The summed E-state index contributed by atoms with van der Waals surface area (Å²) in [6.07, 6.45) is -3.23. The predicted molar refractivity (Wildman–Crippen MR) is 99.0 cm³/mol. The average molecular weight is 391 g/mol. The summed E-state index contributed by atoms with van der Waals surface area (Å²) in [6, 6.07) is 11.9. The number of ether oxygens (including phenoxy) is 1. The van der Waals surface area contributed by atoms with Crippen LogP contribution >= 0.6 is 0 Å². The average Bonchev–Trinajstić information content (AvgIpc) is 2.69. The molecule has 0 radical (unpaired) electrons. The molecule has 0 aromatic heterocycles. The third-order valence-corrected chi connectivity index (χ3v) is 4.35. The number of nitrogens with zero attached hydrogens (tertiary/aromatic N) is 2. The number of carbonyl (C=O) groups is 1. The van der Waals surface area contributed by atoms with E-state index in [9.17, 15) is 18.0 Å². The van der Waals surface area contributed by atoms with E-state index in [4.69, 9.17) is 4.74 Å². The summed E-state index contributed by atoms with van der Waals surface area (Å²) in [5.41, 5.74) is 3.21. The van der Waals surface area contributed by atoms with Gasteiger partial charge < -0.3 is 4.74 Å². The van der Waals surface area contributed by atoms with Crippen LogP contribution in [0.3, 0.4) is 0 Å². The highest BCUT2D eigenvalue weighted by Gasteiger charge is 2.30. The van der Waals surface area contributed by atoms with Crippen LogP contribution in [0.25, 0.3) is 0 Å². The van der Waals surface area contributed by atoms with Gasteiger partial charge in [-0.3, -0.25) is 9.69 Å². The maximum absolute atomic E-state index is 12.8. The highest BCUT2D eigenvalue weighted by molar-refractivity contribution is 5.96. The lowest BCUT2D eigenvalue weighted by molar-refractivity contribution is -0.137. The standard InChI is InChI=1S/C20H20F3N3O2/c21-20(22,23)17-6-3-4-15(12-17)13-24-25-19(27)18-7-2-1-5-16(18)14-26-8-10-28-11-9-26/h1-7,12-13H,8-11,14H2,(H,25,27). The zero-order chi connectivity index (χ0) is 20.0. The summed E-state index contributed by atoms with van der Waals surface area (Å²) in [4.78, 5) is 14.7. The number of rotatable bonds is 5. The first-order valence-corrected chi connectivity index (χ1v) is 8.82.